The van der Waals surface area contributed by atoms with E-state index in [9.17, 15) is 8.42 Å². The normalized spacial score (nSPS) is 13.4. The molecule has 1 rings (SSSR count). The molecule has 0 saturated heterocycles. The molecular formula is C14H26N4O2S. The summed E-state index contributed by atoms with van der Waals surface area (Å²) in [5.74, 6) is 0. The second-order valence-electron chi connectivity index (χ2n) is 4.99. The summed E-state index contributed by atoms with van der Waals surface area (Å²) in [6, 6.07) is 4.95. The predicted molar refractivity (Wildman–Crippen MR) is 88.0 cm³/mol. The molecule has 0 aliphatic rings. The van der Waals surface area contributed by atoms with Gasteiger partial charge < -0.3 is 16.0 Å². The maximum atomic E-state index is 11.7. The van der Waals surface area contributed by atoms with Gasteiger partial charge in [0.1, 0.15) is 0 Å². The molecule has 0 fully saturated rings. The van der Waals surface area contributed by atoms with Crippen molar-refractivity contribution in [1.29, 1.82) is 0 Å². The van der Waals surface area contributed by atoms with Crippen LogP contribution < -0.4 is 15.8 Å². The molecule has 4 N–H and O–H groups in total. The predicted octanol–water partition coefficient (Wildman–Crippen LogP) is 1.32. The molecule has 6 nitrogen and oxygen atoms in total. The molecule has 1 aromatic rings. The molecule has 0 aliphatic carbocycles. The number of hydrogen-bond acceptors (Lipinski definition) is 5. The van der Waals surface area contributed by atoms with Crippen molar-refractivity contribution in [3.63, 3.8) is 0 Å². The van der Waals surface area contributed by atoms with Crippen LogP contribution in [0, 0.1) is 0 Å². The third kappa shape index (κ3) is 4.87. The van der Waals surface area contributed by atoms with Crippen molar-refractivity contribution < 1.29 is 8.42 Å². The molecule has 7 heteroatoms. The molecule has 120 valence electrons. The van der Waals surface area contributed by atoms with Crippen LogP contribution >= 0.6 is 0 Å². The molecule has 0 aliphatic heterocycles. The van der Waals surface area contributed by atoms with Gasteiger partial charge in [-0.1, -0.05) is 13.8 Å². The van der Waals surface area contributed by atoms with Crippen LogP contribution in [0.5, 0.6) is 0 Å². The van der Waals surface area contributed by atoms with Gasteiger partial charge in [0, 0.05) is 12.6 Å². The zero-order valence-corrected chi connectivity index (χ0v) is 14.0. The van der Waals surface area contributed by atoms with E-state index in [0.717, 1.165) is 25.3 Å². The van der Waals surface area contributed by atoms with Crippen LogP contribution in [0.3, 0.4) is 0 Å². The second kappa shape index (κ2) is 7.63. The van der Waals surface area contributed by atoms with Crippen LogP contribution in [0.25, 0.3) is 0 Å². The van der Waals surface area contributed by atoms with Gasteiger partial charge in [0.2, 0.25) is 10.0 Å². The zero-order chi connectivity index (χ0) is 16.0. The van der Waals surface area contributed by atoms with Gasteiger partial charge in [0.25, 0.3) is 0 Å². The first-order valence-electron chi connectivity index (χ1n) is 7.16. The number of likely N-dealkylation sites (N-methyl/N-ethyl adjacent to an activating group) is 1. The van der Waals surface area contributed by atoms with Crippen molar-refractivity contribution in [1.82, 2.24) is 9.62 Å². The number of nitrogen functional groups attached to an aromatic ring is 1. The highest BCUT2D eigenvalue weighted by molar-refractivity contribution is 7.89. The molecule has 0 spiro atoms. The van der Waals surface area contributed by atoms with Crippen LogP contribution in [0.15, 0.2) is 23.1 Å². The van der Waals surface area contributed by atoms with Crippen molar-refractivity contribution in [2.45, 2.75) is 31.7 Å². The Kier molecular flexibility index (Phi) is 6.44. The lowest BCUT2D eigenvalue weighted by Gasteiger charge is -2.24. The fourth-order valence-electron chi connectivity index (χ4n) is 2.14. The van der Waals surface area contributed by atoms with E-state index in [1.165, 1.54) is 13.1 Å². The minimum absolute atomic E-state index is 0.171. The number of benzene rings is 1. The number of nitrogens with one attached hydrogen (secondary N) is 2. The van der Waals surface area contributed by atoms with E-state index in [0.29, 0.717) is 5.69 Å². The summed E-state index contributed by atoms with van der Waals surface area (Å²) in [6.07, 6.45) is 0. The number of nitrogens with zero attached hydrogens (tertiary/aromatic N) is 1. The standard InChI is InChI=1S/C14H26N4O2S/c1-5-18(6-2)10-11(3)17-14-8-7-12(9-13(14)15)21(19,20)16-4/h7-9,11,16-17H,5-6,10,15H2,1-4H3. The topological polar surface area (TPSA) is 87.5 Å². The molecule has 1 aromatic carbocycles. The highest BCUT2D eigenvalue weighted by atomic mass is 32.2. The summed E-state index contributed by atoms with van der Waals surface area (Å²) in [4.78, 5) is 2.48. The Hall–Kier alpha value is -1.31. The summed E-state index contributed by atoms with van der Waals surface area (Å²) in [7, 11) is -2.08. The Morgan fingerprint density at radius 1 is 1.29 bits per heavy atom. The fourth-order valence-corrected chi connectivity index (χ4v) is 2.90. The van der Waals surface area contributed by atoms with Crippen LogP contribution in [0.2, 0.25) is 0 Å². The SMILES string of the molecule is CCN(CC)CC(C)Nc1ccc(S(=O)(=O)NC)cc1N. The number of nitrogens with two attached hydrogens (primary N) is 1. The number of anilines is 2. The average molecular weight is 314 g/mol. The third-order valence-corrected chi connectivity index (χ3v) is 4.84. The molecule has 21 heavy (non-hydrogen) atoms. The summed E-state index contributed by atoms with van der Waals surface area (Å²) in [5, 5.41) is 3.32. The maximum Gasteiger partial charge on any atom is 0.240 e. The van der Waals surface area contributed by atoms with Gasteiger partial charge in [-0.15, -0.1) is 0 Å². The molecule has 0 bridgehead atoms. The monoisotopic (exact) mass is 314 g/mol. The summed E-state index contributed by atoms with van der Waals surface area (Å²) < 4.78 is 25.7. The van der Waals surface area contributed by atoms with Crippen molar-refractivity contribution in [2.75, 3.05) is 37.7 Å². The highest BCUT2D eigenvalue weighted by Gasteiger charge is 2.14. The van der Waals surface area contributed by atoms with E-state index in [1.54, 1.807) is 12.1 Å². The minimum Gasteiger partial charge on any atom is -0.397 e. The molecule has 1 atom stereocenters. The largest absolute Gasteiger partial charge is 0.397 e. The molecular weight excluding hydrogens is 288 g/mol. The number of sulfonamides is 1. The quantitative estimate of drug-likeness (QED) is 0.630. The van der Waals surface area contributed by atoms with Gasteiger partial charge >= 0.3 is 0 Å². The average Bonchev–Trinajstić information content (AvgIpc) is 2.46. The molecule has 0 aromatic heterocycles. The van der Waals surface area contributed by atoms with Gasteiger partial charge in [-0.2, -0.15) is 0 Å². The zero-order valence-electron chi connectivity index (χ0n) is 13.2. The van der Waals surface area contributed by atoms with Crippen LogP contribution in [0.1, 0.15) is 20.8 Å². The molecule has 0 amide bonds. The Morgan fingerprint density at radius 3 is 2.38 bits per heavy atom. The van der Waals surface area contributed by atoms with E-state index in [-0.39, 0.29) is 10.9 Å². The lowest BCUT2D eigenvalue weighted by Crippen LogP contribution is -2.34. The highest BCUT2D eigenvalue weighted by Crippen LogP contribution is 2.23. The van der Waals surface area contributed by atoms with Crippen LogP contribution in [-0.2, 0) is 10.0 Å². The Bertz CT molecular complexity index is 556. The van der Waals surface area contributed by atoms with Crippen molar-refractivity contribution in [3.8, 4) is 0 Å². The summed E-state index contributed by atoms with van der Waals surface area (Å²) >= 11 is 0. The maximum absolute atomic E-state index is 11.7. The first kappa shape index (κ1) is 17.7. The number of rotatable bonds is 8. The molecule has 0 radical (unpaired) electrons. The van der Waals surface area contributed by atoms with E-state index in [2.05, 4.69) is 35.7 Å². The fraction of sp³-hybridized carbons (Fsp3) is 0.571. The van der Waals surface area contributed by atoms with Crippen molar-refractivity contribution >= 4 is 21.4 Å². The van der Waals surface area contributed by atoms with Crippen LogP contribution in [0.4, 0.5) is 11.4 Å². The lowest BCUT2D eigenvalue weighted by molar-refractivity contribution is 0.295. The first-order valence-corrected chi connectivity index (χ1v) is 8.64. The Labute approximate surface area is 127 Å². The Balaban J connectivity index is 2.82. The van der Waals surface area contributed by atoms with E-state index >= 15 is 0 Å². The van der Waals surface area contributed by atoms with E-state index in [4.69, 9.17) is 5.73 Å². The number of hydrogen-bond donors (Lipinski definition) is 3. The Morgan fingerprint density at radius 2 is 1.90 bits per heavy atom. The summed E-state index contributed by atoms with van der Waals surface area (Å²) in [5.41, 5.74) is 7.13. The van der Waals surface area contributed by atoms with Gasteiger partial charge in [0.05, 0.1) is 16.3 Å². The van der Waals surface area contributed by atoms with Crippen molar-refractivity contribution in [2.24, 2.45) is 0 Å². The molecule has 0 heterocycles. The van der Waals surface area contributed by atoms with Gasteiger partial charge in [-0.25, -0.2) is 13.1 Å². The molecule has 1 unspecified atom stereocenters. The summed E-state index contributed by atoms with van der Waals surface area (Å²) in [6.45, 7) is 9.23. The van der Waals surface area contributed by atoms with E-state index < -0.39 is 10.0 Å². The van der Waals surface area contributed by atoms with Crippen molar-refractivity contribution in [3.05, 3.63) is 18.2 Å². The third-order valence-electron chi connectivity index (χ3n) is 3.43. The smallest absolute Gasteiger partial charge is 0.240 e. The second-order valence-corrected chi connectivity index (χ2v) is 6.87. The molecule has 0 saturated carbocycles. The van der Waals surface area contributed by atoms with Gasteiger partial charge in [0.15, 0.2) is 0 Å². The van der Waals surface area contributed by atoms with Gasteiger partial charge in [-0.3, -0.25) is 0 Å². The lowest BCUT2D eigenvalue weighted by atomic mass is 10.2. The van der Waals surface area contributed by atoms with Gasteiger partial charge in [-0.05, 0) is 45.3 Å². The van der Waals surface area contributed by atoms with E-state index in [1.807, 2.05) is 0 Å². The van der Waals surface area contributed by atoms with Crippen LogP contribution in [-0.4, -0.2) is 46.0 Å². The first-order chi connectivity index (χ1) is 9.83. The minimum atomic E-state index is -3.46.